The molecule has 28 heavy (non-hydrogen) atoms. The number of methoxy groups -OCH3 is 1. The van der Waals surface area contributed by atoms with Crippen molar-refractivity contribution in [1.82, 2.24) is 14.8 Å². The van der Waals surface area contributed by atoms with E-state index in [0.29, 0.717) is 29.0 Å². The van der Waals surface area contributed by atoms with Crippen LogP contribution >= 0.6 is 23.4 Å². The van der Waals surface area contributed by atoms with Crippen LogP contribution in [0, 0.1) is 0 Å². The Labute approximate surface area is 171 Å². The van der Waals surface area contributed by atoms with Crippen molar-refractivity contribution in [1.29, 1.82) is 0 Å². The maximum atomic E-state index is 12.3. The van der Waals surface area contributed by atoms with Gasteiger partial charge in [0.15, 0.2) is 11.0 Å². The van der Waals surface area contributed by atoms with Crippen molar-refractivity contribution in [2.75, 3.05) is 24.8 Å². The molecular weight excluding hydrogens is 400 g/mol. The van der Waals surface area contributed by atoms with Gasteiger partial charge in [-0.05, 0) is 12.1 Å². The first-order valence-corrected chi connectivity index (χ1v) is 9.83. The van der Waals surface area contributed by atoms with E-state index in [9.17, 15) is 9.90 Å². The number of ether oxygens (including phenoxy) is 1. The van der Waals surface area contributed by atoms with Crippen LogP contribution in [0.2, 0.25) is 5.02 Å². The summed E-state index contributed by atoms with van der Waals surface area (Å²) in [5.41, 5.74) is 1.24. The summed E-state index contributed by atoms with van der Waals surface area (Å²) in [6.45, 7) is 1.06. The molecule has 0 aliphatic carbocycles. The molecule has 0 atom stereocenters. The number of phenols is 1. The summed E-state index contributed by atoms with van der Waals surface area (Å²) >= 11 is 7.06. The molecule has 0 aliphatic heterocycles. The van der Waals surface area contributed by atoms with Gasteiger partial charge in [-0.2, -0.15) is 0 Å². The lowest BCUT2D eigenvalue weighted by molar-refractivity contribution is -0.113. The van der Waals surface area contributed by atoms with E-state index in [1.165, 1.54) is 17.8 Å². The van der Waals surface area contributed by atoms with Gasteiger partial charge in [-0.1, -0.05) is 53.7 Å². The number of aromatic nitrogens is 3. The van der Waals surface area contributed by atoms with Crippen LogP contribution in [0.1, 0.15) is 0 Å². The second kappa shape index (κ2) is 9.59. The third-order valence-electron chi connectivity index (χ3n) is 3.83. The van der Waals surface area contributed by atoms with Gasteiger partial charge in [0.25, 0.3) is 0 Å². The molecule has 7 nitrogen and oxygen atoms in total. The Kier molecular flexibility index (Phi) is 6.91. The second-order valence-corrected chi connectivity index (χ2v) is 7.19. The highest BCUT2D eigenvalue weighted by molar-refractivity contribution is 7.99. The molecule has 0 spiro atoms. The molecule has 1 amide bonds. The highest BCUT2D eigenvalue weighted by atomic mass is 35.5. The van der Waals surface area contributed by atoms with Crippen LogP contribution in [0.15, 0.2) is 53.7 Å². The number of phenolic OH excluding ortho intramolecular Hbond substituents is 1. The van der Waals surface area contributed by atoms with E-state index < -0.39 is 0 Å². The summed E-state index contributed by atoms with van der Waals surface area (Å²) in [5, 5.41) is 22.0. The Morgan fingerprint density at radius 3 is 2.75 bits per heavy atom. The van der Waals surface area contributed by atoms with Crippen LogP contribution in [0.5, 0.6) is 5.75 Å². The predicted molar refractivity (Wildman–Crippen MR) is 110 cm³/mol. The van der Waals surface area contributed by atoms with Gasteiger partial charge < -0.3 is 15.2 Å². The summed E-state index contributed by atoms with van der Waals surface area (Å²) in [6.07, 6.45) is 0. The first kappa shape index (κ1) is 20.2. The number of thioether (sulfide) groups is 1. The van der Waals surface area contributed by atoms with Crippen molar-refractivity contribution in [2.45, 2.75) is 11.7 Å². The lowest BCUT2D eigenvalue weighted by Crippen LogP contribution is -2.15. The molecule has 0 saturated carbocycles. The fraction of sp³-hybridized carbons (Fsp3) is 0.211. The molecule has 146 valence electrons. The Morgan fingerprint density at radius 1 is 1.25 bits per heavy atom. The van der Waals surface area contributed by atoms with E-state index >= 15 is 0 Å². The van der Waals surface area contributed by atoms with Gasteiger partial charge in [-0.15, -0.1) is 10.2 Å². The molecular formula is C19H19ClN4O3S. The average molecular weight is 419 g/mol. The molecule has 9 heteroatoms. The molecule has 0 aliphatic rings. The van der Waals surface area contributed by atoms with Crippen LogP contribution in [-0.4, -0.2) is 45.2 Å². The number of carbonyl (C=O) groups is 1. The molecule has 0 unspecified atom stereocenters. The number of rotatable bonds is 8. The summed E-state index contributed by atoms with van der Waals surface area (Å²) in [4.78, 5) is 12.3. The normalized spacial score (nSPS) is 10.8. The number of hydrogen-bond acceptors (Lipinski definition) is 6. The third-order valence-corrected chi connectivity index (χ3v) is 5.04. The fourth-order valence-corrected chi connectivity index (χ4v) is 3.44. The number of halogens is 1. The van der Waals surface area contributed by atoms with Crippen molar-refractivity contribution in [3.05, 3.63) is 53.6 Å². The molecule has 0 saturated heterocycles. The lowest BCUT2D eigenvalue weighted by Gasteiger charge is -2.10. The molecule has 0 fully saturated rings. The van der Waals surface area contributed by atoms with Gasteiger partial charge in [0.1, 0.15) is 5.75 Å². The van der Waals surface area contributed by atoms with E-state index in [1.54, 1.807) is 19.2 Å². The number of nitrogens with one attached hydrogen (secondary N) is 1. The fourth-order valence-electron chi connectivity index (χ4n) is 2.51. The highest BCUT2D eigenvalue weighted by Gasteiger charge is 2.16. The van der Waals surface area contributed by atoms with Gasteiger partial charge in [0.2, 0.25) is 5.91 Å². The van der Waals surface area contributed by atoms with Crippen molar-refractivity contribution in [2.24, 2.45) is 0 Å². The summed E-state index contributed by atoms with van der Waals surface area (Å²) in [6, 6.07) is 14.2. The Balaban J connectivity index is 1.71. The molecule has 1 heterocycles. The topological polar surface area (TPSA) is 89.3 Å². The minimum absolute atomic E-state index is 0.0829. The van der Waals surface area contributed by atoms with Crippen molar-refractivity contribution in [3.63, 3.8) is 0 Å². The lowest BCUT2D eigenvalue weighted by atomic mass is 10.2. The Bertz CT molecular complexity index is 950. The molecule has 1 aromatic heterocycles. The van der Waals surface area contributed by atoms with Crippen LogP contribution in [-0.2, 0) is 16.1 Å². The minimum atomic E-state index is -0.273. The largest absolute Gasteiger partial charge is 0.506 e. The van der Waals surface area contributed by atoms with Crippen LogP contribution in [0.4, 0.5) is 5.69 Å². The van der Waals surface area contributed by atoms with Gasteiger partial charge >= 0.3 is 0 Å². The van der Waals surface area contributed by atoms with Gasteiger partial charge in [-0.3, -0.25) is 9.36 Å². The third kappa shape index (κ3) is 5.03. The van der Waals surface area contributed by atoms with Gasteiger partial charge in [-0.25, -0.2) is 0 Å². The number of aromatic hydroxyl groups is 1. The summed E-state index contributed by atoms with van der Waals surface area (Å²) in [5.74, 6) is 0.476. The zero-order valence-corrected chi connectivity index (χ0v) is 16.7. The molecule has 2 N–H and O–H groups in total. The Hall–Kier alpha value is -2.55. The first-order valence-electron chi connectivity index (χ1n) is 8.47. The van der Waals surface area contributed by atoms with Crippen molar-refractivity contribution >= 4 is 35.0 Å². The molecule has 3 rings (SSSR count). The molecule has 2 aromatic carbocycles. The van der Waals surface area contributed by atoms with Crippen LogP contribution in [0.3, 0.4) is 0 Å². The number of benzene rings is 2. The second-order valence-electron chi connectivity index (χ2n) is 5.81. The monoisotopic (exact) mass is 418 g/mol. The van der Waals surface area contributed by atoms with E-state index in [0.717, 1.165) is 11.4 Å². The minimum Gasteiger partial charge on any atom is -0.506 e. The first-order chi connectivity index (χ1) is 13.6. The van der Waals surface area contributed by atoms with Crippen LogP contribution < -0.4 is 5.32 Å². The average Bonchev–Trinajstić information content (AvgIpc) is 3.10. The zero-order valence-electron chi connectivity index (χ0n) is 15.1. The number of nitrogens with zero attached hydrogens (tertiary/aromatic N) is 3. The summed E-state index contributed by atoms with van der Waals surface area (Å²) in [7, 11) is 1.63. The maximum Gasteiger partial charge on any atom is 0.234 e. The van der Waals surface area contributed by atoms with Crippen molar-refractivity contribution in [3.8, 4) is 17.1 Å². The molecule has 0 bridgehead atoms. The molecule has 0 radical (unpaired) electrons. The number of hydrogen-bond donors (Lipinski definition) is 2. The van der Waals surface area contributed by atoms with E-state index in [2.05, 4.69) is 15.5 Å². The zero-order chi connectivity index (χ0) is 19.9. The number of carbonyl (C=O) groups excluding carboxylic acids is 1. The predicted octanol–water partition coefficient (Wildman–Crippen LogP) is 3.68. The smallest absolute Gasteiger partial charge is 0.234 e. The SMILES string of the molecule is COCCn1c(SCC(=O)Nc2ccc(Cl)cc2O)nnc1-c1ccccc1. The van der Waals surface area contributed by atoms with E-state index in [1.807, 2.05) is 34.9 Å². The highest BCUT2D eigenvalue weighted by Crippen LogP contribution is 2.27. The number of amides is 1. The van der Waals surface area contributed by atoms with Crippen LogP contribution in [0.25, 0.3) is 11.4 Å². The van der Waals surface area contributed by atoms with Gasteiger partial charge in [0.05, 0.1) is 24.6 Å². The van der Waals surface area contributed by atoms with E-state index in [4.69, 9.17) is 16.3 Å². The van der Waals surface area contributed by atoms with Crippen molar-refractivity contribution < 1.29 is 14.6 Å². The van der Waals surface area contributed by atoms with Gasteiger partial charge in [0, 0.05) is 23.8 Å². The summed E-state index contributed by atoms with van der Waals surface area (Å²) < 4.78 is 7.11. The van der Waals surface area contributed by atoms with E-state index in [-0.39, 0.29) is 17.4 Å². The number of anilines is 1. The Morgan fingerprint density at radius 2 is 2.04 bits per heavy atom. The standard InChI is InChI=1S/C19H19ClN4O3S/c1-27-10-9-24-18(13-5-3-2-4-6-13)22-23-19(24)28-12-17(26)21-15-8-7-14(20)11-16(15)25/h2-8,11,25H,9-10,12H2,1H3,(H,21,26). The molecule has 3 aromatic rings. The quantitative estimate of drug-likeness (QED) is 0.428. The maximum absolute atomic E-state index is 12.3.